The van der Waals surface area contributed by atoms with Crippen molar-refractivity contribution in [3.05, 3.63) is 47.4 Å². The van der Waals surface area contributed by atoms with Gasteiger partial charge in [0.15, 0.2) is 0 Å². The van der Waals surface area contributed by atoms with Gasteiger partial charge in [0, 0.05) is 12.1 Å². The smallest absolute Gasteiger partial charge is 0.270 e. The minimum Gasteiger partial charge on any atom is -0.348 e. The van der Waals surface area contributed by atoms with Crippen molar-refractivity contribution in [1.82, 2.24) is 15.3 Å². The molecule has 1 saturated carbocycles. The normalized spacial score (nSPS) is 14.6. The van der Waals surface area contributed by atoms with E-state index >= 15 is 0 Å². The Morgan fingerprint density at radius 2 is 1.96 bits per heavy atom. The van der Waals surface area contributed by atoms with Gasteiger partial charge in [-0.15, -0.1) is 0 Å². The second-order valence-electron chi connectivity index (χ2n) is 6.28. The molecule has 0 radical (unpaired) electrons. The summed E-state index contributed by atoms with van der Waals surface area (Å²) in [6.45, 7) is 1.75. The maximum Gasteiger partial charge on any atom is 0.270 e. The number of nitrogens with zero attached hydrogens (tertiary/aromatic N) is 3. The Bertz CT molecular complexity index is 806. The largest absolute Gasteiger partial charge is 0.348 e. The number of nitrogens with one attached hydrogen (secondary N) is 2. The van der Waals surface area contributed by atoms with Crippen LogP contribution in [0.2, 0.25) is 0 Å². The third kappa shape index (κ3) is 4.32. The molecule has 0 spiro atoms. The predicted octanol–water partition coefficient (Wildman–Crippen LogP) is 3.46. The van der Waals surface area contributed by atoms with Crippen molar-refractivity contribution in [2.24, 2.45) is 0 Å². The first kappa shape index (κ1) is 16.9. The molecule has 0 unspecified atom stereocenters. The number of benzene rings is 1. The van der Waals surface area contributed by atoms with E-state index in [1.807, 2.05) is 6.07 Å². The fourth-order valence-corrected chi connectivity index (χ4v) is 3.08. The van der Waals surface area contributed by atoms with Crippen LogP contribution in [0.3, 0.4) is 0 Å². The Balaban J connectivity index is 1.78. The molecule has 0 bridgehead atoms. The highest BCUT2D eigenvalue weighted by molar-refractivity contribution is 5.93. The van der Waals surface area contributed by atoms with Crippen molar-refractivity contribution in [2.45, 2.75) is 45.1 Å². The molecule has 6 nitrogen and oxygen atoms in total. The van der Waals surface area contributed by atoms with Crippen LogP contribution in [0.1, 0.15) is 54.0 Å². The summed E-state index contributed by atoms with van der Waals surface area (Å²) in [4.78, 5) is 21.1. The zero-order valence-corrected chi connectivity index (χ0v) is 14.2. The average molecular weight is 335 g/mol. The second-order valence-corrected chi connectivity index (χ2v) is 6.28. The topological polar surface area (TPSA) is 90.7 Å². The van der Waals surface area contributed by atoms with Crippen LogP contribution in [-0.4, -0.2) is 21.9 Å². The van der Waals surface area contributed by atoms with Gasteiger partial charge in [0.2, 0.25) is 0 Å². The number of rotatable bonds is 4. The van der Waals surface area contributed by atoms with Gasteiger partial charge < -0.3 is 10.6 Å². The third-order valence-electron chi connectivity index (χ3n) is 4.32. The first-order valence-corrected chi connectivity index (χ1v) is 8.58. The Morgan fingerprint density at radius 3 is 2.72 bits per heavy atom. The van der Waals surface area contributed by atoms with Gasteiger partial charge in [0.05, 0.1) is 11.3 Å². The van der Waals surface area contributed by atoms with Crippen molar-refractivity contribution in [2.75, 3.05) is 5.32 Å². The van der Waals surface area contributed by atoms with Crippen molar-refractivity contribution in [3.8, 4) is 6.07 Å². The molecular formula is C19H21N5O. The minimum atomic E-state index is -0.172. The monoisotopic (exact) mass is 335 g/mol. The molecule has 2 aromatic rings. The number of aromatic nitrogens is 2. The molecule has 1 aromatic carbocycles. The van der Waals surface area contributed by atoms with E-state index in [4.69, 9.17) is 0 Å². The number of amides is 1. The quantitative estimate of drug-likeness (QED) is 0.893. The predicted molar refractivity (Wildman–Crippen MR) is 95.5 cm³/mol. The molecule has 1 amide bonds. The molecule has 0 saturated heterocycles. The lowest BCUT2D eigenvalue weighted by molar-refractivity contribution is 0.0922. The number of para-hydroxylation sites is 1. The number of carbonyl (C=O) groups excluding carboxylic acids is 1. The fraction of sp³-hybridized carbons (Fsp3) is 0.368. The van der Waals surface area contributed by atoms with Crippen LogP contribution in [0.4, 0.5) is 11.5 Å². The number of anilines is 2. The molecule has 25 heavy (non-hydrogen) atoms. The lowest BCUT2D eigenvalue weighted by Gasteiger charge is -2.22. The van der Waals surface area contributed by atoms with Crippen molar-refractivity contribution >= 4 is 17.4 Å². The summed E-state index contributed by atoms with van der Waals surface area (Å²) in [5.41, 5.74) is 1.52. The zero-order valence-electron chi connectivity index (χ0n) is 14.2. The Morgan fingerprint density at radius 1 is 1.20 bits per heavy atom. The molecule has 0 atom stereocenters. The highest BCUT2D eigenvalue weighted by Crippen LogP contribution is 2.20. The maximum absolute atomic E-state index is 12.5. The van der Waals surface area contributed by atoms with E-state index < -0.39 is 0 Å². The number of hydrogen-bond acceptors (Lipinski definition) is 5. The van der Waals surface area contributed by atoms with Crippen LogP contribution in [-0.2, 0) is 0 Å². The second kappa shape index (κ2) is 7.75. The van der Waals surface area contributed by atoms with Crippen molar-refractivity contribution in [1.29, 1.82) is 5.26 Å². The lowest BCUT2D eigenvalue weighted by atomic mass is 9.95. The van der Waals surface area contributed by atoms with E-state index in [2.05, 4.69) is 26.7 Å². The first-order chi connectivity index (χ1) is 12.2. The van der Waals surface area contributed by atoms with E-state index in [0.29, 0.717) is 28.6 Å². The number of aryl methyl sites for hydroxylation is 1. The van der Waals surface area contributed by atoms with E-state index in [9.17, 15) is 10.1 Å². The maximum atomic E-state index is 12.5. The van der Waals surface area contributed by atoms with Gasteiger partial charge in [0.25, 0.3) is 5.91 Å². The van der Waals surface area contributed by atoms with Crippen LogP contribution >= 0.6 is 0 Å². The molecule has 1 aromatic heterocycles. The molecule has 6 heteroatoms. The summed E-state index contributed by atoms with van der Waals surface area (Å²) < 4.78 is 0. The van der Waals surface area contributed by atoms with Gasteiger partial charge >= 0.3 is 0 Å². The molecule has 128 valence electrons. The van der Waals surface area contributed by atoms with Gasteiger partial charge in [-0.25, -0.2) is 9.97 Å². The van der Waals surface area contributed by atoms with Gasteiger partial charge in [-0.2, -0.15) is 5.26 Å². The minimum absolute atomic E-state index is 0.172. The highest BCUT2D eigenvalue weighted by atomic mass is 16.1. The summed E-state index contributed by atoms with van der Waals surface area (Å²) in [6.07, 6.45) is 5.61. The van der Waals surface area contributed by atoms with Gasteiger partial charge in [-0.1, -0.05) is 31.4 Å². The van der Waals surface area contributed by atoms with Gasteiger partial charge in [0.1, 0.15) is 23.4 Å². The van der Waals surface area contributed by atoms with Crippen LogP contribution in [0.15, 0.2) is 30.3 Å². The van der Waals surface area contributed by atoms with Crippen molar-refractivity contribution in [3.63, 3.8) is 0 Å². The summed E-state index contributed by atoms with van der Waals surface area (Å²) >= 11 is 0. The Hall–Kier alpha value is -2.94. The van der Waals surface area contributed by atoms with Crippen molar-refractivity contribution < 1.29 is 4.79 Å². The standard InChI is InChI=1S/C19H21N5O/c1-13-21-17(19(25)23-15-8-3-2-4-9-15)11-18(22-13)24-16-10-6-5-7-14(16)12-20/h5-7,10-11,15H,2-4,8-9H2,1H3,(H,23,25)(H,21,22,24). The fourth-order valence-electron chi connectivity index (χ4n) is 3.08. The Kier molecular flexibility index (Phi) is 5.24. The number of carbonyl (C=O) groups is 1. The van der Waals surface area contributed by atoms with Crippen LogP contribution < -0.4 is 10.6 Å². The van der Waals surface area contributed by atoms with Crippen LogP contribution in [0, 0.1) is 18.3 Å². The molecule has 1 fully saturated rings. The van der Waals surface area contributed by atoms with E-state index in [0.717, 1.165) is 25.7 Å². The lowest BCUT2D eigenvalue weighted by Crippen LogP contribution is -2.36. The van der Waals surface area contributed by atoms with E-state index in [1.165, 1.54) is 6.42 Å². The van der Waals surface area contributed by atoms with Gasteiger partial charge in [-0.3, -0.25) is 4.79 Å². The summed E-state index contributed by atoms with van der Waals surface area (Å²) in [7, 11) is 0. The zero-order chi connectivity index (χ0) is 17.6. The van der Waals surface area contributed by atoms with E-state index in [-0.39, 0.29) is 11.9 Å². The molecule has 2 N–H and O–H groups in total. The van der Waals surface area contributed by atoms with Crippen LogP contribution in [0.5, 0.6) is 0 Å². The number of nitriles is 1. The first-order valence-electron chi connectivity index (χ1n) is 8.58. The van der Waals surface area contributed by atoms with Gasteiger partial charge in [-0.05, 0) is 31.9 Å². The molecule has 1 aliphatic rings. The Labute approximate surface area is 147 Å². The van der Waals surface area contributed by atoms with E-state index in [1.54, 1.807) is 31.2 Å². The average Bonchev–Trinajstić information content (AvgIpc) is 2.62. The molecule has 1 heterocycles. The SMILES string of the molecule is Cc1nc(Nc2ccccc2C#N)cc(C(=O)NC2CCCCC2)n1. The molecule has 3 rings (SSSR count). The summed E-state index contributed by atoms with van der Waals surface area (Å²) in [6, 6.07) is 11.2. The summed E-state index contributed by atoms with van der Waals surface area (Å²) in [5, 5.41) is 15.4. The number of hydrogen-bond donors (Lipinski definition) is 2. The van der Waals surface area contributed by atoms with Crippen LogP contribution in [0.25, 0.3) is 0 Å². The molecule has 1 aliphatic carbocycles. The molecule has 0 aliphatic heterocycles. The summed E-state index contributed by atoms with van der Waals surface area (Å²) in [5.74, 6) is 0.839. The molecular weight excluding hydrogens is 314 g/mol. The third-order valence-corrected chi connectivity index (χ3v) is 4.32. The highest BCUT2D eigenvalue weighted by Gasteiger charge is 2.18.